The van der Waals surface area contributed by atoms with Crippen LogP contribution in [0.2, 0.25) is 10.0 Å². The molecular formula is C16H12Cl2N2O3. The molecule has 7 heteroatoms. The lowest BCUT2D eigenvalue weighted by Crippen LogP contribution is -1.96. The van der Waals surface area contributed by atoms with Crippen molar-refractivity contribution in [1.82, 2.24) is 10.2 Å². The predicted molar refractivity (Wildman–Crippen MR) is 87.1 cm³/mol. The molecule has 0 aliphatic carbocycles. The van der Waals surface area contributed by atoms with Crippen molar-refractivity contribution in [2.75, 3.05) is 7.11 Å². The first-order chi connectivity index (χ1) is 11.2. The molecule has 2 aromatic carbocycles. The van der Waals surface area contributed by atoms with Gasteiger partial charge in [0.2, 0.25) is 0 Å². The monoisotopic (exact) mass is 350 g/mol. The van der Waals surface area contributed by atoms with Crippen molar-refractivity contribution < 1.29 is 13.9 Å². The van der Waals surface area contributed by atoms with Gasteiger partial charge in [-0.2, -0.15) is 0 Å². The van der Waals surface area contributed by atoms with E-state index in [1.165, 1.54) is 0 Å². The van der Waals surface area contributed by atoms with E-state index in [4.69, 9.17) is 37.1 Å². The first kappa shape index (κ1) is 15.6. The second kappa shape index (κ2) is 6.89. The van der Waals surface area contributed by atoms with E-state index in [9.17, 15) is 0 Å². The van der Waals surface area contributed by atoms with Crippen molar-refractivity contribution >= 4 is 23.2 Å². The van der Waals surface area contributed by atoms with Crippen molar-refractivity contribution in [2.45, 2.75) is 6.61 Å². The maximum absolute atomic E-state index is 6.04. The molecule has 0 fully saturated rings. The molecule has 0 unspecified atom stereocenters. The highest BCUT2D eigenvalue weighted by molar-refractivity contribution is 6.35. The normalized spacial score (nSPS) is 10.6. The van der Waals surface area contributed by atoms with Crippen LogP contribution in [-0.4, -0.2) is 17.3 Å². The average Bonchev–Trinajstić information content (AvgIpc) is 3.03. The van der Waals surface area contributed by atoms with Crippen molar-refractivity contribution in [3.63, 3.8) is 0 Å². The van der Waals surface area contributed by atoms with Crippen LogP contribution in [0.15, 0.2) is 46.9 Å². The maximum atomic E-state index is 6.04. The molecule has 5 nitrogen and oxygen atoms in total. The molecule has 0 atom stereocenters. The van der Waals surface area contributed by atoms with Crippen molar-refractivity contribution in [3.8, 4) is 23.0 Å². The number of aromatic nitrogens is 2. The summed E-state index contributed by atoms with van der Waals surface area (Å²) in [4.78, 5) is 0. The Morgan fingerprint density at radius 2 is 1.87 bits per heavy atom. The summed E-state index contributed by atoms with van der Waals surface area (Å²) in [6.45, 7) is 0.101. The Morgan fingerprint density at radius 1 is 1.04 bits per heavy atom. The number of methoxy groups -OCH3 is 1. The average molecular weight is 351 g/mol. The van der Waals surface area contributed by atoms with Crippen LogP contribution in [0.1, 0.15) is 5.89 Å². The van der Waals surface area contributed by atoms with Crippen LogP contribution in [0.25, 0.3) is 11.5 Å². The summed E-state index contributed by atoms with van der Waals surface area (Å²) >= 11 is 11.9. The van der Waals surface area contributed by atoms with Gasteiger partial charge in [0.1, 0.15) is 11.5 Å². The molecule has 0 radical (unpaired) electrons. The highest BCUT2D eigenvalue weighted by atomic mass is 35.5. The van der Waals surface area contributed by atoms with E-state index in [1.54, 1.807) is 25.3 Å². The van der Waals surface area contributed by atoms with Gasteiger partial charge in [-0.1, -0.05) is 35.3 Å². The third kappa shape index (κ3) is 3.57. The number of rotatable bonds is 5. The van der Waals surface area contributed by atoms with Crippen LogP contribution in [0, 0.1) is 0 Å². The minimum absolute atomic E-state index is 0.101. The second-order valence-electron chi connectivity index (χ2n) is 4.56. The molecule has 0 aliphatic rings. The first-order valence-electron chi connectivity index (χ1n) is 6.71. The Balaban J connectivity index is 1.75. The zero-order chi connectivity index (χ0) is 16.2. The quantitative estimate of drug-likeness (QED) is 0.671. The van der Waals surface area contributed by atoms with Gasteiger partial charge >= 0.3 is 0 Å². The van der Waals surface area contributed by atoms with E-state index < -0.39 is 0 Å². The summed E-state index contributed by atoms with van der Waals surface area (Å²) in [5, 5.41) is 8.94. The number of benzene rings is 2. The Bertz CT molecular complexity index is 821. The predicted octanol–water partition coefficient (Wildman–Crippen LogP) is 4.63. The van der Waals surface area contributed by atoms with Gasteiger partial charge in [-0.25, -0.2) is 0 Å². The van der Waals surface area contributed by atoms with Gasteiger partial charge in [0.25, 0.3) is 11.8 Å². The zero-order valence-corrected chi connectivity index (χ0v) is 13.6. The van der Waals surface area contributed by atoms with Gasteiger partial charge in [-0.3, -0.25) is 0 Å². The molecule has 0 spiro atoms. The summed E-state index contributed by atoms with van der Waals surface area (Å²) in [5.41, 5.74) is 0.721. The Morgan fingerprint density at radius 3 is 2.65 bits per heavy atom. The van der Waals surface area contributed by atoms with Gasteiger partial charge in [-0.15, -0.1) is 10.2 Å². The van der Waals surface area contributed by atoms with Crippen molar-refractivity contribution in [2.24, 2.45) is 0 Å². The molecule has 0 aliphatic heterocycles. The molecule has 3 aromatic rings. The number of ether oxygens (including phenoxy) is 2. The van der Waals surface area contributed by atoms with Crippen LogP contribution in [0.3, 0.4) is 0 Å². The van der Waals surface area contributed by atoms with Gasteiger partial charge < -0.3 is 13.9 Å². The number of nitrogens with zero attached hydrogens (tertiary/aromatic N) is 2. The molecule has 0 bridgehead atoms. The summed E-state index contributed by atoms with van der Waals surface area (Å²) in [6, 6.07) is 12.4. The minimum Gasteiger partial charge on any atom is -0.496 e. The number of halogens is 2. The highest BCUT2D eigenvalue weighted by Crippen LogP contribution is 2.30. The largest absolute Gasteiger partial charge is 0.496 e. The minimum atomic E-state index is 0.101. The van der Waals surface area contributed by atoms with E-state index in [2.05, 4.69) is 10.2 Å². The van der Waals surface area contributed by atoms with Crippen LogP contribution >= 0.6 is 23.2 Å². The molecule has 118 valence electrons. The maximum Gasteiger partial charge on any atom is 0.254 e. The molecule has 23 heavy (non-hydrogen) atoms. The summed E-state index contributed by atoms with van der Waals surface area (Å²) in [5.74, 6) is 1.85. The third-order valence-corrected chi connectivity index (χ3v) is 3.58. The number of para-hydroxylation sites is 1. The highest BCUT2D eigenvalue weighted by Gasteiger charge is 2.13. The molecular weight excluding hydrogens is 339 g/mol. The summed E-state index contributed by atoms with van der Waals surface area (Å²) < 4.78 is 16.4. The molecule has 3 rings (SSSR count). The molecule has 0 saturated carbocycles. The van der Waals surface area contributed by atoms with E-state index >= 15 is 0 Å². The summed E-state index contributed by atoms with van der Waals surface area (Å²) in [7, 11) is 1.59. The molecule has 1 aromatic heterocycles. The van der Waals surface area contributed by atoms with E-state index in [1.807, 2.05) is 24.3 Å². The Kier molecular flexibility index (Phi) is 4.69. The SMILES string of the molecule is COc1ccccc1-c1nnc(COc2ccc(Cl)cc2Cl)o1. The third-order valence-electron chi connectivity index (χ3n) is 3.05. The lowest BCUT2D eigenvalue weighted by Gasteiger charge is -2.05. The second-order valence-corrected chi connectivity index (χ2v) is 5.41. The number of hydrogen-bond acceptors (Lipinski definition) is 5. The Labute approximate surface area is 142 Å². The van der Waals surface area contributed by atoms with E-state index in [0.29, 0.717) is 33.3 Å². The Hall–Kier alpha value is -2.24. The molecule has 0 amide bonds. The van der Waals surface area contributed by atoms with Gasteiger partial charge in [0, 0.05) is 5.02 Å². The van der Waals surface area contributed by atoms with Crippen LogP contribution in [-0.2, 0) is 6.61 Å². The van der Waals surface area contributed by atoms with Gasteiger partial charge in [0.15, 0.2) is 6.61 Å². The fourth-order valence-electron chi connectivity index (χ4n) is 1.97. The van der Waals surface area contributed by atoms with Crippen LogP contribution < -0.4 is 9.47 Å². The van der Waals surface area contributed by atoms with Crippen LogP contribution in [0.4, 0.5) is 0 Å². The van der Waals surface area contributed by atoms with Crippen molar-refractivity contribution in [1.29, 1.82) is 0 Å². The standard InChI is InChI=1S/C16H12Cl2N2O3/c1-21-13-5-3-2-4-11(13)16-20-19-15(23-16)9-22-14-7-6-10(17)8-12(14)18/h2-8H,9H2,1H3. The smallest absolute Gasteiger partial charge is 0.254 e. The fraction of sp³-hybridized carbons (Fsp3) is 0.125. The topological polar surface area (TPSA) is 57.4 Å². The van der Waals surface area contributed by atoms with Gasteiger partial charge in [-0.05, 0) is 30.3 Å². The first-order valence-corrected chi connectivity index (χ1v) is 7.46. The number of hydrogen-bond donors (Lipinski definition) is 0. The zero-order valence-electron chi connectivity index (χ0n) is 12.1. The summed E-state index contributed by atoms with van der Waals surface area (Å²) in [6.07, 6.45) is 0. The van der Waals surface area contributed by atoms with Crippen LogP contribution in [0.5, 0.6) is 11.5 Å². The van der Waals surface area contributed by atoms with Gasteiger partial charge in [0.05, 0.1) is 17.7 Å². The van der Waals surface area contributed by atoms with Crippen molar-refractivity contribution in [3.05, 3.63) is 58.4 Å². The molecule has 0 N–H and O–H groups in total. The molecule has 0 saturated heterocycles. The van der Waals surface area contributed by atoms with E-state index in [-0.39, 0.29) is 6.61 Å². The molecule has 1 heterocycles. The fourth-order valence-corrected chi connectivity index (χ4v) is 2.44. The lowest BCUT2D eigenvalue weighted by molar-refractivity contribution is 0.264. The van der Waals surface area contributed by atoms with E-state index in [0.717, 1.165) is 5.56 Å². The lowest BCUT2D eigenvalue weighted by atomic mass is 10.2.